The second-order valence-corrected chi connectivity index (χ2v) is 10.0. The molecular weight excluding hydrogens is 434 g/mol. The van der Waals surface area contributed by atoms with Crippen molar-refractivity contribution in [3.05, 3.63) is 41.6 Å². The SMILES string of the molecule is CC(C)(C)N(C(=O)O)c1cnc2c(c1)N(S(=O)(=O)c1cccc(Cl)c1)C[C@H](CO)O2. The van der Waals surface area contributed by atoms with Gasteiger partial charge < -0.3 is 14.9 Å². The second-order valence-electron chi connectivity index (χ2n) is 7.72. The topological polar surface area (TPSA) is 120 Å². The maximum Gasteiger partial charge on any atom is 0.412 e. The van der Waals surface area contributed by atoms with Crippen LogP contribution in [0.5, 0.6) is 5.88 Å². The van der Waals surface area contributed by atoms with E-state index < -0.39 is 34.4 Å². The molecule has 162 valence electrons. The van der Waals surface area contributed by atoms with Crippen LogP contribution in [0, 0.1) is 0 Å². The zero-order chi connectivity index (χ0) is 22.3. The number of hydrogen-bond donors (Lipinski definition) is 2. The highest BCUT2D eigenvalue weighted by molar-refractivity contribution is 7.92. The van der Waals surface area contributed by atoms with E-state index in [2.05, 4.69) is 4.98 Å². The minimum atomic E-state index is -4.09. The number of anilines is 2. The molecule has 3 rings (SSSR count). The number of aromatic nitrogens is 1. The van der Waals surface area contributed by atoms with Crippen LogP contribution in [0.4, 0.5) is 16.2 Å². The monoisotopic (exact) mass is 455 g/mol. The highest BCUT2D eigenvalue weighted by atomic mass is 35.5. The lowest BCUT2D eigenvalue weighted by atomic mass is 10.1. The van der Waals surface area contributed by atoms with Gasteiger partial charge in [-0.3, -0.25) is 9.21 Å². The molecule has 0 saturated heterocycles. The average molecular weight is 456 g/mol. The highest BCUT2D eigenvalue weighted by Gasteiger charge is 2.37. The van der Waals surface area contributed by atoms with Gasteiger partial charge in [-0.05, 0) is 45.0 Å². The molecule has 2 aromatic rings. The van der Waals surface area contributed by atoms with Gasteiger partial charge in [0.2, 0.25) is 5.88 Å². The largest absolute Gasteiger partial charge is 0.468 e. The van der Waals surface area contributed by atoms with Crippen molar-refractivity contribution in [3.8, 4) is 5.88 Å². The zero-order valence-electron chi connectivity index (χ0n) is 16.6. The lowest BCUT2D eigenvalue weighted by molar-refractivity contribution is 0.111. The van der Waals surface area contributed by atoms with Gasteiger partial charge in [0, 0.05) is 10.6 Å². The molecule has 0 aliphatic carbocycles. The van der Waals surface area contributed by atoms with Crippen molar-refractivity contribution in [1.82, 2.24) is 4.98 Å². The molecule has 1 aliphatic rings. The summed E-state index contributed by atoms with van der Waals surface area (Å²) in [7, 11) is -4.09. The first-order chi connectivity index (χ1) is 13.9. The third-order valence-corrected chi connectivity index (χ3v) is 6.45. The minimum absolute atomic E-state index is 0.0195. The summed E-state index contributed by atoms with van der Waals surface area (Å²) in [5.41, 5.74) is -0.541. The van der Waals surface area contributed by atoms with Gasteiger partial charge in [-0.25, -0.2) is 18.2 Å². The molecule has 2 N–H and O–H groups in total. The molecule has 1 aromatic heterocycles. The molecule has 9 nitrogen and oxygen atoms in total. The number of aliphatic hydroxyl groups excluding tert-OH is 1. The summed E-state index contributed by atoms with van der Waals surface area (Å²) in [6, 6.07) is 7.19. The summed E-state index contributed by atoms with van der Waals surface area (Å²) in [6.07, 6.45) is -0.747. The van der Waals surface area contributed by atoms with Crippen molar-refractivity contribution >= 4 is 39.1 Å². The smallest absolute Gasteiger partial charge is 0.412 e. The second kappa shape index (κ2) is 7.93. The number of rotatable bonds is 4. The van der Waals surface area contributed by atoms with Crippen molar-refractivity contribution in [3.63, 3.8) is 0 Å². The molecule has 1 amide bonds. The molecule has 0 fully saturated rings. The maximum absolute atomic E-state index is 13.3. The van der Waals surface area contributed by atoms with E-state index in [0.29, 0.717) is 0 Å². The summed E-state index contributed by atoms with van der Waals surface area (Å²) in [5, 5.41) is 19.5. The molecule has 0 bridgehead atoms. The van der Waals surface area contributed by atoms with Gasteiger partial charge in [-0.15, -0.1) is 0 Å². The summed E-state index contributed by atoms with van der Waals surface area (Å²) >= 11 is 5.97. The van der Waals surface area contributed by atoms with E-state index in [0.717, 1.165) is 9.21 Å². The number of benzene rings is 1. The fraction of sp³-hybridized carbons (Fsp3) is 0.368. The Morgan fingerprint density at radius 2 is 2.07 bits per heavy atom. The number of carbonyl (C=O) groups is 1. The Kier molecular flexibility index (Phi) is 5.85. The molecule has 0 spiro atoms. The standard InChI is InChI=1S/C19H22ClN3O6S/c1-19(2,3)23(18(25)26)13-8-16-17(21-9-13)29-14(11-24)10-22(16)30(27,28)15-6-4-5-12(20)7-15/h4-9,14,24H,10-11H2,1-3H3,(H,25,26)/t14-/m1/s1. The Hall–Kier alpha value is -2.56. The van der Waals surface area contributed by atoms with Crippen LogP contribution in [0.1, 0.15) is 20.8 Å². The van der Waals surface area contributed by atoms with Crippen LogP contribution in [-0.2, 0) is 10.0 Å². The van der Waals surface area contributed by atoms with Crippen LogP contribution >= 0.6 is 11.6 Å². The van der Waals surface area contributed by atoms with Crippen LogP contribution < -0.4 is 13.9 Å². The molecule has 30 heavy (non-hydrogen) atoms. The lowest BCUT2D eigenvalue weighted by Gasteiger charge is -2.36. The zero-order valence-corrected chi connectivity index (χ0v) is 18.2. The summed E-state index contributed by atoms with van der Waals surface area (Å²) in [6.45, 7) is 4.53. The molecule has 0 saturated carbocycles. The third-order valence-electron chi connectivity index (χ3n) is 4.44. The number of hydrogen-bond acceptors (Lipinski definition) is 6. The van der Waals surface area contributed by atoms with E-state index in [4.69, 9.17) is 16.3 Å². The van der Waals surface area contributed by atoms with E-state index in [1.54, 1.807) is 26.8 Å². The first kappa shape index (κ1) is 22.1. The average Bonchev–Trinajstić information content (AvgIpc) is 2.65. The van der Waals surface area contributed by atoms with E-state index in [-0.39, 0.29) is 33.7 Å². The number of fused-ring (bicyclic) bond motifs is 1. The Balaban J connectivity index is 2.17. The van der Waals surface area contributed by atoms with Crippen LogP contribution in [0.25, 0.3) is 0 Å². The number of nitrogens with zero attached hydrogens (tertiary/aromatic N) is 3. The Bertz CT molecular complexity index is 1070. The first-order valence-corrected chi connectivity index (χ1v) is 10.9. The number of sulfonamides is 1. The number of amides is 1. The fourth-order valence-electron chi connectivity index (χ4n) is 3.16. The van der Waals surface area contributed by atoms with Crippen LogP contribution in [0.15, 0.2) is 41.4 Å². The molecule has 1 atom stereocenters. The van der Waals surface area contributed by atoms with Crippen molar-refractivity contribution in [2.45, 2.75) is 37.3 Å². The Morgan fingerprint density at radius 1 is 1.37 bits per heavy atom. The van der Waals surface area contributed by atoms with Crippen LogP contribution in [0.2, 0.25) is 5.02 Å². The molecular formula is C19H22ClN3O6S. The van der Waals surface area contributed by atoms with Gasteiger partial charge in [0.15, 0.2) is 0 Å². The van der Waals surface area contributed by atoms with Gasteiger partial charge >= 0.3 is 6.09 Å². The third kappa shape index (κ3) is 4.16. The highest BCUT2D eigenvalue weighted by Crippen LogP contribution is 2.39. The van der Waals surface area contributed by atoms with E-state index in [1.807, 2.05) is 0 Å². The fourth-order valence-corrected chi connectivity index (χ4v) is 4.95. The van der Waals surface area contributed by atoms with Gasteiger partial charge in [0.05, 0.1) is 29.9 Å². The van der Waals surface area contributed by atoms with E-state index in [9.17, 15) is 23.4 Å². The van der Waals surface area contributed by atoms with Gasteiger partial charge in [-0.1, -0.05) is 17.7 Å². The van der Waals surface area contributed by atoms with Gasteiger partial charge in [0.1, 0.15) is 11.8 Å². The predicted octanol–water partition coefficient (Wildman–Crippen LogP) is 2.97. The van der Waals surface area contributed by atoms with Crippen molar-refractivity contribution in [2.24, 2.45) is 0 Å². The van der Waals surface area contributed by atoms with Crippen molar-refractivity contribution in [1.29, 1.82) is 0 Å². The number of ether oxygens (including phenoxy) is 1. The minimum Gasteiger partial charge on any atom is -0.468 e. The van der Waals surface area contributed by atoms with Crippen molar-refractivity contribution < 1.29 is 28.2 Å². The molecule has 1 aromatic carbocycles. The van der Waals surface area contributed by atoms with Crippen LogP contribution in [-0.4, -0.2) is 54.5 Å². The molecule has 1 aliphatic heterocycles. The molecule has 2 heterocycles. The summed E-state index contributed by atoms with van der Waals surface area (Å²) in [4.78, 5) is 17.0. The molecule has 0 radical (unpaired) electrons. The Morgan fingerprint density at radius 3 is 2.63 bits per heavy atom. The van der Waals surface area contributed by atoms with Gasteiger partial charge in [-0.2, -0.15) is 0 Å². The predicted molar refractivity (Wildman–Crippen MR) is 112 cm³/mol. The number of aliphatic hydroxyl groups is 1. The number of carboxylic acid groups (broad SMARTS) is 1. The van der Waals surface area contributed by atoms with Gasteiger partial charge in [0.25, 0.3) is 10.0 Å². The first-order valence-electron chi connectivity index (χ1n) is 9.04. The summed E-state index contributed by atoms with van der Waals surface area (Å²) in [5.74, 6) is -0.0195. The normalized spacial score (nSPS) is 16.6. The molecule has 11 heteroatoms. The maximum atomic E-state index is 13.3. The number of halogens is 1. The van der Waals surface area contributed by atoms with E-state index >= 15 is 0 Å². The van der Waals surface area contributed by atoms with Crippen LogP contribution in [0.3, 0.4) is 0 Å². The molecule has 0 unspecified atom stereocenters. The van der Waals surface area contributed by atoms with Crippen molar-refractivity contribution in [2.75, 3.05) is 22.4 Å². The summed E-state index contributed by atoms with van der Waals surface area (Å²) < 4.78 is 33.3. The van der Waals surface area contributed by atoms with E-state index in [1.165, 1.54) is 30.5 Å². The number of pyridine rings is 1. The Labute approximate surface area is 179 Å². The lowest BCUT2D eigenvalue weighted by Crippen LogP contribution is -2.47. The quantitative estimate of drug-likeness (QED) is 0.726.